The molecule has 0 spiro atoms. The molecule has 4 nitrogen and oxygen atoms in total. The monoisotopic (exact) mass is 250 g/mol. The summed E-state index contributed by atoms with van der Waals surface area (Å²) < 4.78 is 16.4. The number of ether oxygens (including phenoxy) is 3. The average molecular weight is 250 g/mol. The van der Waals surface area contributed by atoms with Crippen LogP contribution >= 0.6 is 0 Å². The maximum absolute atomic E-state index is 11.4. The van der Waals surface area contributed by atoms with Gasteiger partial charge in [0.15, 0.2) is 12.1 Å². The molecule has 1 atom stereocenters. The van der Waals surface area contributed by atoms with Crippen molar-refractivity contribution < 1.29 is 19.0 Å². The molecule has 0 bridgehead atoms. The molecule has 1 saturated heterocycles. The van der Waals surface area contributed by atoms with Gasteiger partial charge >= 0.3 is 0 Å². The fourth-order valence-corrected chi connectivity index (χ4v) is 1.99. The minimum Gasteiger partial charge on any atom is -0.496 e. The molecule has 0 aliphatic carbocycles. The van der Waals surface area contributed by atoms with Crippen LogP contribution in [0.15, 0.2) is 18.2 Å². The van der Waals surface area contributed by atoms with Gasteiger partial charge in [-0.25, -0.2) is 0 Å². The summed E-state index contributed by atoms with van der Waals surface area (Å²) in [6.45, 7) is 2.26. The Morgan fingerprint density at radius 3 is 2.83 bits per heavy atom. The molecule has 1 aliphatic heterocycles. The summed E-state index contributed by atoms with van der Waals surface area (Å²) in [5, 5.41) is 0. The Morgan fingerprint density at radius 1 is 1.39 bits per heavy atom. The molecule has 1 aromatic rings. The van der Waals surface area contributed by atoms with Crippen molar-refractivity contribution in [3.63, 3.8) is 0 Å². The van der Waals surface area contributed by atoms with Crippen LogP contribution in [0.25, 0.3) is 0 Å². The van der Waals surface area contributed by atoms with Crippen LogP contribution in [0.5, 0.6) is 11.5 Å². The van der Waals surface area contributed by atoms with E-state index in [9.17, 15) is 4.79 Å². The zero-order chi connectivity index (χ0) is 13.0. The van der Waals surface area contributed by atoms with Crippen molar-refractivity contribution in [2.75, 3.05) is 13.7 Å². The summed E-state index contributed by atoms with van der Waals surface area (Å²) in [4.78, 5) is 11.4. The van der Waals surface area contributed by atoms with Gasteiger partial charge in [-0.15, -0.1) is 0 Å². The van der Waals surface area contributed by atoms with E-state index in [-0.39, 0.29) is 12.1 Å². The third-order valence-electron chi connectivity index (χ3n) is 2.96. The van der Waals surface area contributed by atoms with E-state index < -0.39 is 0 Å². The lowest BCUT2D eigenvalue weighted by atomic mass is 10.1. The van der Waals surface area contributed by atoms with Crippen LogP contribution in [0.3, 0.4) is 0 Å². The second-order valence-electron chi connectivity index (χ2n) is 4.33. The number of methoxy groups -OCH3 is 1. The zero-order valence-electron chi connectivity index (χ0n) is 10.8. The van der Waals surface area contributed by atoms with Crippen LogP contribution in [0, 0.1) is 0 Å². The second-order valence-corrected chi connectivity index (χ2v) is 4.33. The number of hydrogen-bond acceptors (Lipinski definition) is 4. The van der Waals surface area contributed by atoms with E-state index in [0.717, 1.165) is 25.9 Å². The van der Waals surface area contributed by atoms with Crippen LogP contribution in [0.1, 0.15) is 36.5 Å². The van der Waals surface area contributed by atoms with E-state index in [1.807, 2.05) is 0 Å². The summed E-state index contributed by atoms with van der Waals surface area (Å²) in [7, 11) is 1.54. The molecule has 98 valence electrons. The highest BCUT2D eigenvalue weighted by molar-refractivity contribution is 5.97. The lowest BCUT2D eigenvalue weighted by Gasteiger charge is -2.23. The van der Waals surface area contributed by atoms with Crippen molar-refractivity contribution >= 4 is 5.78 Å². The van der Waals surface area contributed by atoms with Gasteiger partial charge in [0.25, 0.3) is 0 Å². The summed E-state index contributed by atoms with van der Waals surface area (Å²) in [5.74, 6) is 1.19. The molecule has 0 aromatic heterocycles. The molecule has 0 amide bonds. The Kier molecular flexibility index (Phi) is 4.20. The van der Waals surface area contributed by atoms with Gasteiger partial charge in [0.1, 0.15) is 11.5 Å². The molecule has 4 heteroatoms. The molecule has 1 heterocycles. The Hall–Kier alpha value is -1.55. The van der Waals surface area contributed by atoms with E-state index in [0.29, 0.717) is 17.1 Å². The average Bonchev–Trinajstić information content (AvgIpc) is 2.39. The van der Waals surface area contributed by atoms with Crippen LogP contribution in [0.4, 0.5) is 0 Å². The first-order chi connectivity index (χ1) is 8.70. The zero-order valence-corrected chi connectivity index (χ0v) is 10.8. The lowest BCUT2D eigenvalue weighted by molar-refractivity contribution is -0.105. The van der Waals surface area contributed by atoms with Gasteiger partial charge in [-0.2, -0.15) is 0 Å². The van der Waals surface area contributed by atoms with Gasteiger partial charge in [-0.3, -0.25) is 4.79 Å². The normalized spacial score (nSPS) is 19.3. The van der Waals surface area contributed by atoms with Gasteiger partial charge in [-0.05, 0) is 31.9 Å². The first-order valence-electron chi connectivity index (χ1n) is 6.18. The van der Waals surface area contributed by atoms with E-state index >= 15 is 0 Å². The molecular weight excluding hydrogens is 232 g/mol. The van der Waals surface area contributed by atoms with Crippen LogP contribution < -0.4 is 9.47 Å². The largest absolute Gasteiger partial charge is 0.496 e. The van der Waals surface area contributed by atoms with Crippen molar-refractivity contribution in [3.8, 4) is 11.5 Å². The maximum Gasteiger partial charge on any atom is 0.199 e. The third kappa shape index (κ3) is 3.01. The van der Waals surface area contributed by atoms with Gasteiger partial charge in [-0.1, -0.05) is 0 Å². The van der Waals surface area contributed by atoms with Crippen molar-refractivity contribution in [1.29, 1.82) is 0 Å². The smallest absolute Gasteiger partial charge is 0.199 e. The summed E-state index contributed by atoms with van der Waals surface area (Å²) in [6, 6.07) is 5.23. The van der Waals surface area contributed by atoms with E-state index in [1.54, 1.807) is 25.3 Å². The Morgan fingerprint density at radius 2 is 2.22 bits per heavy atom. The first-order valence-corrected chi connectivity index (χ1v) is 6.18. The van der Waals surface area contributed by atoms with Gasteiger partial charge in [0, 0.05) is 12.5 Å². The standard InChI is InChI=1S/C14H18O4/c1-10(15)12-7-6-11(9-13(12)16-2)18-14-5-3-4-8-17-14/h6-7,9,14H,3-5,8H2,1-2H3. The number of carbonyl (C=O) groups is 1. The fraction of sp³-hybridized carbons (Fsp3) is 0.500. The Bertz CT molecular complexity index is 422. The topological polar surface area (TPSA) is 44.8 Å². The quantitative estimate of drug-likeness (QED) is 0.771. The highest BCUT2D eigenvalue weighted by atomic mass is 16.7. The number of rotatable bonds is 4. The van der Waals surface area contributed by atoms with Crippen molar-refractivity contribution in [1.82, 2.24) is 0 Å². The predicted molar refractivity (Wildman–Crippen MR) is 67.2 cm³/mol. The second kappa shape index (κ2) is 5.87. The highest BCUT2D eigenvalue weighted by Crippen LogP contribution is 2.27. The fourth-order valence-electron chi connectivity index (χ4n) is 1.99. The maximum atomic E-state index is 11.4. The number of hydrogen-bond donors (Lipinski definition) is 0. The van der Waals surface area contributed by atoms with Crippen LogP contribution in [0.2, 0.25) is 0 Å². The summed E-state index contributed by atoms with van der Waals surface area (Å²) in [5.41, 5.74) is 0.564. The number of ketones is 1. The molecule has 1 aliphatic rings. The van der Waals surface area contributed by atoms with Gasteiger partial charge < -0.3 is 14.2 Å². The molecule has 0 radical (unpaired) electrons. The molecule has 1 aromatic carbocycles. The SMILES string of the molecule is COc1cc(OC2CCCCO2)ccc1C(C)=O. The highest BCUT2D eigenvalue weighted by Gasteiger charge is 2.16. The van der Waals surface area contributed by atoms with Gasteiger partial charge in [0.05, 0.1) is 19.3 Å². The Balaban J connectivity index is 2.11. The third-order valence-corrected chi connectivity index (χ3v) is 2.96. The first kappa shape index (κ1) is 12.9. The molecule has 18 heavy (non-hydrogen) atoms. The van der Waals surface area contributed by atoms with E-state index in [4.69, 9.17) is 14.2 Å². The van der Waals surface area contributed by atoms with E-state index in [1.165, 1.54) is 6.92 Å². The van der Waals surface area contributed by atoms with E-state index in [2.05, 4.69) is 0 Å². The predicted octanol–water partition coefficient (Wildman–Crippen LogP) is 2.80. The van der Waals surface area contributed by atoms with Gasteiger partial charge in [0.2, 0.25) is 0 Å². The number of carbonyl (C=O) groups excluding carboxylic acids is 1. The van der Waals surface area contributed by atoms with Crippen molar-refractivity contribution in [2.45, 2.75) is 32.5 Å². The number of benzene rings is 1. The summed E-state index contributed by atoms with van der Waals surface area (Å²) >= 11 is 0. The van der Waals surface area contributed by atoms with Crippen molar-refractivity contribution in [2.24, 2.45) is 0 Å². The minimum atomic E-state index is -0.188. The molecule has 0 saturated carbocycles. The molecule has 2 rings (SSSR count). The number of Topliss-reactive ketones (excluding diaryl/α,β-unsaturated/α-hetero) is 1. The van der Waals surface area contributed by atoms with Crippen molar-refractivity contribution in [3.05, 3.63) is 23.8 Å². The molecule has 1 fully saturated rings. The molecule has 0 N–H and O–H groups in total. The summed E-state index contributed by atoms with van der Waals surface area (Å²) in [6.07, 6.45) is 2.92. The van der Waals surface area contributed by atoms with Crippen LogP contribution in [-0.4, -0.2) is 25.8 Å². The molecule has 1 unspecified atom stereocenters. The Labute approximate surface area is 107 Å². The lowest BCUT2D eigenvalue weighted by Crippen LogP contribution is -2.25. The minimum absolute atomic E-state index is 0.0210. The molecular formula is C14H18O4. The van der Waals surface area contributed by atoms with Crippen LogP contribution in [-0.2, 0) is 4.74 Å².